The third kappa shape index (κ3) is 2.88. The van der Waals surface area contributed by atoms with Gasteiger partial charge in [-0.25, -0.2) is 0 Å². The van der Waals surface area contributed by atoms with Gasteiger partial charge in [-0.3, -0.25) is 0 Å². The second kappa shape index (κ2) is 5.19. The van der Waals surface area contributed by atoms with Gasteiger partial charge < -0.3 is 10.1 Å². The molecule has 2 aliphatic rings. The van der Waals surface area contributed by atoms with Crippen molar-refractivity contribution < 1.29 is 4.74 Å². The Kier molecular flexibility index (Phi) is 3.44. The minimum atomic E-state index is 0.725. The molecule has 92 valence electrons. The van der Waals surface area contributed by atoms with Gasteiger partial charge in [-0.15, -0.1) is 0 Å². The van der Waals surface area contributed by atoms with Crippen molar-refractivity contribution in [1.29, 1.82) is 0 Å². The Bertz CT molecular complexity index is 367. The number of ether oxygens (including phenoxy) is 1. The van der Waals surface area contributed by atoms with Crippen molar-refractivity contribution in [3.63, 3.8) is 0 Å². The van der Waals surface area contributed by atoms with Crippen LogP contribution in [0, 0.1) is 5.92 Å². The third-order valence-corrected chi connectivity index (χ3v) is 3.84. The van der Waals surface area contributed by atoms with Gasteiger partial charge in [0.2, 0.25) is 0 Å². The Labute approximate surface area is 103 Å². The van der Waals surface area contributed by atoms with Crippen LogP contribution in [0.15, 0.2) is 24.3 Å². The first-order chi connectivity index (χ1) is 8.43. The maximum atomic E-state index is 5.39. The maximum absolute atomic E-state index is 5.39. The molecular weight excluding hydrogens is 210 g/mol. The number of hydrogen-bond donors (Lipinski definition) is 1. The summed E-state index contributed by atoms with van der Waals surface area (Å²) in [6.45, 7) is 4.00. The van der Waals surface area contributed by atoms with E-state index >= 15 is 0 Å². The van der Waals surface area contributed by atoms with E-state index in [9.17, 15) is 0 Å². The summed E-state index contributed by atoms with van der Waals surface area (Å²) < 4.78 is 5.39. The van der Waals surface area contributed by atoms with Crippen LogP contribution in [0.4, 0.5) is 0 Å². The SMILES string of the molecule is c1ccc(C2CC2)c(CNCC2CCOC2)c1. The highest BCUT2D eigenvalue weighted by molar-refractivity contribution is 5.33. The summed E-state index contributed by atoms with van der Waals surface area (Å²) in [6.07, 6.45) is 3.98. The lowest BCUT2D eigenvalue weighted by molar-refractivity contribution is 0.185. The molecule has 2 fully saturated rings. The number of benzene rings is 1. The first-order valence-corrected chi connectivity index (χ1v) is 6.80. The van der Waals surface area contributed by atoms with Crippen LogP contribution < -0.4 is 5.32 Å². The second-order valence-corrected chi connectivity index (χ2v) is 5.33. The average Bonchev–Trinajstić information content (AvgIpc) is 3.08. The van der Waals surface area contributed by atoms with Gasteiger partial charge in [-0.05, 0) is 42.2 Å². The molecule has 1 unspecified atom stereocenters. The van der Waals surface area contributed by atoms with E-state index in [2.05, 4.69) is 29.6 Å². The average molecular weight is 231 g/mol. The predicted octanol–water partition coefficient (Wildman–Crippen LogP) is 2.69. The lowest BCUT2D eigenvalue weighted by Crippen LogP contribution is -2.23. The van der Waals surface area contributed by atoms with E-state index in [1.165, 1.54) is 24.8 Å². The van der Waals surface area contributed by atoms with Crippen molar-refractivity contribution >= 4 is 0 Å². The first-order valence-electron chi connectivity index (χ1n) is 6.80. The largest absolute Gasteiger partial charge is 0.381 e. The molecule has 1 saturated heterocycles. The molecule has 2 nitrogen and oxygen atoms in total. The van der Waals surface area contributed by atoms with E-state index in [4.69, 9.17) is 4.74 Å². The second-order valence-electron chi connectivity index (χ2n) is 5.33. The summed E-state index contributed by atoms with van der Waals surface area (Å²) in [5, 5.41) is 3.59. The molecule has 2 heteroatoms. The van der Waals surface area contributed by atoms with Crippen LogP contribution in [0.5, 0.6) is 0 Å². The van der Waals surface area contributed by atoms with Gasteiger partial charge in [0.15, 0.2) is 0 Å². The molecule has 3 rings (SSSR count). The molecule has 1 aliphatic heterocycles. The highest BCUT2D eigenvalue weighted by Gasteiger charge is 2.25. The first kappa shape index (κ1) is 11.2. The van der Waals surface area contributed by atoms with Crippen LogP contribution in [-0.4, -0.2) is 19.8 Å². The topological polar surface area (TPSA) is 21.3 Å². The van der Waals surface area contributed by atoms with Crippen molar-refractivity contribution in [1.82, 2.24) is 5.32 Å². The fraction of sp³-hybridized carbons (Fsp3) is 0.600. The van der Waals surface area contributed by atoms with Crippen molar-refractivity contribution in [2.24, 2.45) is 5.92 Å². The van der Waals surface area contributed by atoms with Crippen LogP contribution in [0.2, 0.25) is 0 Å². The molecule has 1 atom stereocenters. The van der Waals surface area contributed by atoms with Gasteiger partial charge >= 0.3 is 0 Å². The van der Waals surface area contributed by atoms with E-state index in [0.29, 0.717) is 0 Å². The molecule has 1 aliphatic carbocycles. The zero-order valence-corrected chi connectivity index (χ0v) is 10.3. The fourth-order valence-corrected chi connectivity index (χ4v) is 2.64. The molecule has 1 aromatic rings. The van der Waals surface area contributed by atoms with Crippen LogP contribution in [0.1, 0.15) is 36.3 Å². The van der Waals surface area contributed by atoms with Gasteiger partial charge in [0.05, 0.1) is 6.61 Å². The molecule has 0 aromatic heterocycles. The molecule has 1 aromatic carbocycles. The minimum Gasteiger partial charge on any atom is -0.381 e. The van der Waals surface area contributed by atoms with E-state index in [-0.39, 0.29) is 0 Å². The van der Waals surface area contributed by atoms with Crippen LogP contribution in [0.25, 0.3) is 0 Å². The number of nitrogens with one attached hydrogen (secondary N) is 1. The molecular formula is C15H21NO. The Balaban J connectivity index is 1.53. The summed E-state index contributed by atoms with van der Waals surface area (Å²) in [4.78, 5) is 0. The van der Waals surface area contributed by atoms with Crippen molar-refractivity contribution in [3.05, 3.63) is 35.4 Å². The highest BCUT2D eigenvalue weighted by Crippen LogP contribution is 2.41. The summed E-state index contributed by atoms with van der Waals surface area (Å²) >= 11 is 0. The Morgan fingerprint density at radius 1 is 1.18 bits per heavy atom. The van der Waals surface area contributed by atoms with E-state index in [1.54, 1.807) is 5.56 Å². The maximum Gasteiger partial charge on any atom is 0.0507 e. The van der Waals surface area contributed by atoms with Crippen LogP contribution in [-0.2, 0) is 11.3 Å². The lowest BCUT2D eigenvalue weighted by atomic mass is 10.0. The zero-order chi connectivity index (χ0) is 11.5. The molecule has 0 bridgehead atoms. The fourth-order valence-electron chi connectivity index (χ4n) is 2.64. The Morgan fingerprint density at radius 2 is 2.06 bits per heavy atom. The Morgan fingerprint density at radius 3 is 2.82 bits per heavy atom. The van der Waals surface area contributed by atoms with Crippen molar-refractivity contribution in [3.8, 4) is 0 Å². The molecule has 0 spiro atoms. The zero-order valence-electron chi connectivity index (χ0n) is 10.3. The van der Waals surface area contributed by atoms with Gasteiger partial charge in [0.1, 0.15) is 0 Å². The molecule has 0 radical (unpaired) electrons. The quantitative estimate of drug-likeness (QED) is 0.841. The number of rotatable bonds is 5. The van der Waals surface area contributed by atoms with Gasteiger partial charge in [0.25, 0.3) is 0 Å². The standard InChI is InChI=1S/C15H21NO/c1-2-4-15(13-5-6-13)14(3-1)10-16-9-12-7-8-17-11-12/h1-4,12-13,16H,5-11H2. The normalized spacial score (nSPS) is 24.1. The number of hydrogen-bond acceptors (Lipinski definition) is 2. The summed E-state index contributed by atoms with van der Waals surface area (Å²) in [6, 6.07) is 8.89. The van der Waals surface area contributed by atoms with Crippen molar-refractivity contribution in [2.75, 3.05) is 19.8 Å². The summed E-state index contributed by atoms with van der Waals surface area (Å²) in [5.41, 5.74) is 3.07. The van der Waals surface area contributed by atoms with Crippen molar-refractivity contribution in [2.45, 2.75) is 31.7 Å². The highest BCUT2D eigenvalue weighted by atomic mass is 16.5. The minimum absolute atomic E-state index is 0.725. The smallest absolute Gasteiger partial charge is 0.0507 e. The van der Waals surface area contributed by atoms with E-state index < -0.39 is 0 Å². The van der Waals surface area contributed by atoms with Gasteiger partial charge in [-0.2, -0.15) is 0 Å². The van der Waals surface area contributed by atoms with Crippen LogP contribution >= 0.6 is 0 Å². The molecule has 1 heterocycles. The van der Waals surface area contributed by atoms with Crippen LogP contribution in [0.3, 0.4) is 0 Å². The van der Waals surface area contributed by atoms with E-state index in [1.807, 2.05) is 0 Å². The predicted molar refractivity (Wildman–Crippen MR) is 69.0 cm³/mol. The van der Waals surface area contributed by atoms with Gasteiger partial charge in [0, 0.05) is 19.7 Å². The summed E-state index contributed by atoms with van der Waals surface area (Å²) in [5.74, 6) is 1.57. The molecule has 17 heavy (non-hydrogen) atoms. The molecule has 0 amide bonds. The Hall–Kier alpha value is -0.860. The van der Waals surface area contributed by atoms with E-state index in [0.717, 1.165) is 38.1 Å². The monoisotopic (exact) mass is 231 g/mol. The third-order valence-electron chi connectivity index (χ3n) is 3.84. The lowest BCUT2D eigenvalue weighted by Gasteiger charge is -2.12. The van der Waals surface area contributed by atoms with Gasteiger partial charge in [-0.1, -0.05) is 24.3 Å². The summed E-state index contributed by atoms with van der Waals surface area (Å²) in [7, 11) is 0. The molecule has 1 N–H and O–H groups in total. The molecule has 1 saturated carbocycles.